The van der Waals surface area contributed by atoms with Crippen molar-refractivity contribution in [1.29, 1.82) is 0 Å². The first-order valence-electron chi connectivity index (χ1n) is 10.6. The van der Waals surface area contributed by atoms with E-state index < -0.39 is 0 Å². The van der Waals surface area contributed by atoms with Gasteiger partial charge in [-0.05, 0) is 48.2 Å². The van der Waals surface area contributed by atoms with Crippen LogP contribution in [0.3, 0.4) is 0 Å². The van der Waals surface area contributed by atoms with Gasteiger partial charge < -0.3 is 9.26 Å². The molecule has 0 saturated heterocycles. The first-order valence-corrected chi connectivity index (χ1v) is 10.6. The lowest BCUT2D eigenvalue weighted by molar-refractivity contribution is 0.301. The fraction of sp³-hybridized carbons (Fsp3) is 0.259. The standard InChI is InChI=1S/C27H28N2O2/c1-19(2)27(4,22-10-8-21(9-11-22)26-17-20(3)29-31-26)23-12-14-25(15-13-23)30-18-24-7-5-6-16-28-24/h5-17,19H,18H2,1-4H3. The monoisotopic (exact) mass is 412 g/mol. The van der Waals surface area contributed by atoms with E-state index in [1.165, 1.54) is 11.1 Å². The number of aryl methyl sites for hydroxylation is 1. The molecule has 0 aliphatic heterocycles. The van der Waals surface area contributed by atoms with Crippen molar-refractivity contribution in [2.45, 2.75) is 39.7 Å². The van der Waals surface area contributed by atoms with Gasteiger partial charge in [0.05, 0.1) is 11.4 Å². The molecule has 4 nitrogen and oxygen atoms in total. The van der Waals surface area contributed by atoms with Gasteiger partial charge in [0.2, 0.25) is 0 Å². The Morgan fingerprint density at radius 2 is 1.61 bits per heavy atom. The zero-order valence-corrected chi connectivity index (χ0v) is 18.5. The molecule has 2 heterocycles. The molecule has 0 aliphatic carbocycles. The molecule has 1 unspecified atom stereocenters. The maximum atomic E-state index is 5.91. The van der Waals surface area contributed by atoms with Gasteiger partial charge in [-0.2, -0.15) is 0 Å². The molecule has 0 amide bonds. The number of benzene rings is 2. The minimum atomic E-state index is -0.130. The minimum Gasteiger partial charge on any atom is -0.487 e. The number of pyridine rings is 1. The summed E-state index contributed by atoms with van der Waals surface area (Å²) in [5.74, 6) is 2.05. The Morgan fingerprint density at radius 1 is 0.935 bits per heavy atom. The van der Waals surface area contributed by atoms with Crippen molar-refractivity contribution in [3.63, 3.8) is 0 Å². The van der Waals surface area contributed by atoms with Crippen molar-refractivity contribution < 1.29 is 9.26 Å². The summed E-state index contributed by atoms with van der Waals surface area (Å²) in [5, 5.41) is 3.99. The predicted octanol–water partition coefficient (Wildman–Crippen LogP) is 6.59. The number of hydrogen-bond donors (Lipinski definition) is 0. The highest BCUT2D eigenvalue weighted by Crippen LogP contribution is 2.40. The van der Waals surface area contributed by atoms with E-state index in [-0.39, 0.29) is 5.41 Å². The summed E-state index contributed by atoms with van der Waals surface area (Å²) in [6.45, 7) is 9.22. The Balaban J connectivity index is 1.55. The van der Waals surface area contributed by atoms with Crippen molar-refractivity contribution in [3.05, 3.63) is 102 Å². The van der Waals surface area contributed by atoms with Crippen LogP contribution in [-0.4, -0.2) is 10.1 Å². The van der Waals surface area contributed by atoms with E-state index in [1.807, 2.05) is 43.3 Å². The Labute approximate surface area is 183 Å². The minimum absolute atomic E-state index is 0.130. The van der Waals surface area contributed by atoms with Gasteiger partial charge in [0.25, 0.3) is 0 Å². The predicted molar refractivity (Wildman–Crippen MR) is 123 cm³/mol. The second kappa shape index (κ2) is 8.76. The SMILES string of the molecule is Cc1cc(-c2ccc(C(C)(c3ccc(OCc4ccccn4)cc3)C(C)C)cc2)on1. The van der Waals surface area contributed by atoms with Crippen molar-refractivity contribution in [3.8, 4) is 17.1 Å². The smallest absolute Gasteiger partial charge is 0.167 e. The van der Waals surface area contributed by atoms with Crippen LogP contribution in [0, 0.1) is 12.8 Å². The van der Waals surface area contributed by atoms with Gasteiger partial charge in [-0.25, -0.2) is 0 Å². The van der Waals surface area contributed by atoms with Crippen molar-refractivity contribution in [2.24, 2.45) is 5.92 Å². The molecule has 0 N–H and O–H groups in total. The molecule has 2 aromatic carbocycles. The molecule has 0 aliphatic rings. The fourth-order valence-electron chi connectivity index (χ4n) is 3.85. The van der Waals surface area contributed by atoms with Gasteiger partial charge in [-0.15, -0.1) is 0 Å². The second-order valence-electron chi connectivity index (χ2n) is 8.40. The third-order valence-corrected chi connectivity index (χ3v) is 6.12. The van der Waals surface area contributed by atoms with Crippen LogP contribution < -0.4 is 4.74 Å². The first-order chi connectivity index (χ1) is 15.0. The largest absolute Gasteiger partial charge is 0.487 e. The molecule has 158 valence electrons. The molecule has 4 heteroatoms. The molecule has 0 bridgehead atoms. The van der Waals surface area contributed by atoms with Crippen LogP contribution in [0.4, 0.5) is 0 Å². The van der Waals surface area contributed by atoms with Gasteiger partial charge in [0.1, 0.15) is 12.4 Å². The third-order valence-electron chi connectivity index (χ3n) is 6.12. The number of aromatic nitrogens is 2. The molecular weight excluding hydrogens is 384 g/mol. The number of ether oxygens (including phenoxy) is 1. The molecule has 2 aromatic heterocycles. The average Bonchev–Trinajstić information content (AvgIpc) is 3.24. The summed E-state index contributed by atoms with van der Waals surface area (Å²) in [6.07, 6.45) is 1.78. The van der Waals surface area contributed by atoms with Crippen LogP contribution in [0.25, 0.3) is 11.3 Å². The van der Waals surface area contributed by atoms with Gasteiger partial charge in [-0.3, -0.25) is 4.98 Å². The van der Waals surface area contributed by atoms with Gasteiger partial charge >= 0.3 is 0 Å². The molecule has 0 radical (unpaired) electrons. The normalized spacial score (nSPS) is 13.2. The maximum Gasteiger partial charge on any atom is 0.167 e. The molecule has 1 atom stereocenters. The Bertz CT molecular complexity index is 1120. The van der Waals surface area contributed by atoms with E-state index in [2.05, 4.69) is 67.3 Å². The number of rotatable bonds is 7. The molecule has 4 rings (SSSR count). The zero-order valence-electron chi connectivity index (χ0n) is 18.5. The lowest BCUT2D eigenvalue weighted by atomic mass is 9.68. The summed E-state index contributed by atoms with van der Waals surface area (Å²) in [6, 6.07) is 24.8. The molecule has 0 saturated carbocycles. The van der Waals surface area contributed by atoms with E-state index >= 15 is 0 Å². The highest BCUT2D eigenvalue weighted by Gasteiger charge is 2.32. The van der Waals surface area contributed by atoms with Crippen LogP contribution in [0.15, 0.2) is 83.5 Å². The topological polar surface area (TPSA) is 48.2 Å². The van der Waals surface area contributed by atoms with E-state index in [1.54, 1.807) is 6.20 Å². The summed E-state index contributed by atoms with van der Waals surface area (Å²) in [5.41, 5.74) is 5.24. The van der Waals surface area contributed by atoms with Crippen LogP contribution in [0.2, 0.25) is 0 Å². The maximum absolute atomic E-state index is 5.91. The van der Waals surface area contributed by atoms with Crippen LogP contribution >= 0.6 is 0 Å². The Morgan fingerprint density at radius 3 is 2.16 bits per heavy atom. The van der Waals surface area contributed by atoms with Crippen molar-refractivity contribution in [1.82, 2.24) is 10.1 Å². The molecule has 4 aromatic rings. The number of hydrogen-bond acceptors (Lipinski definition) is 4. The lowest BCUT2D eigenvalue weighted by Crippen LogP contribution is -2.30. The first kappa shape index (κ1) is 20.9. The second-order valence-corrected chi connectivity index (χ2v) is 8.40. The summed E-state index contributed by atoms with van der Waals surface area (Å²) in [7, 11) is 0. The van der Waals surface area contributed by atoms with Gasteiger partial charge in [0, 0.05) is 23.2 Å². The average molecular weight is 413 g/mol. The molecular formula is C27H28N2O2. The van der Waals surface area contributed by atoms with Gasteiger partial charge in [-0.1, -0.05) is 68.4 Å². The quantitative estimate of drug-likeness (QED) is 0.344. The lowest BCUT2D eigenvalue weighted by Gasteiger charge is -2.35. The van der Waals surface area contributed by atoms with Crippen molar-refractivity contribution >= 4 is 0 Å². The number of nitrogens with zero attached hydrogens (tertiary/aromatic N) is 2. The molecule has 31 heavy (non-hydrogen) atoms. The third kappa shape index (κ3) is 4.38. The van der Waals surface area contributed by atoms with E-state index in [0.29, 0.717) is 12.5 Å². The van der Waals surface area contributed by atoms with E-state index in [0.717, 1.165) is 28.5 Å². The van der Waals surface area contributed by atoms with Crippen LogP contribution in [-0.2, 0) is 12.0 Å². The van der Waals surface area contributed by atoms with E-state index in [9.17, 15) is 0 Å². The highest BCUT2D eigenvalue weighted by molar-refractivity contribution is 5.58. The van der Waals surface area contributed by atoms with Crippen LogP contribution in [0.1, 0.15) is 43.3 Å². The Hall–Kier alpha value is -3.40. The highest BCUT2D eigenvalue weighted by atomic mass is 16.5. The molecule has 0 spiro atoms. The summed E-state index contributed by atoms with van der Waals surface area (Å²) < 4.78 is 11.3. The van der Waals surface area contributed by atoms with Crippen LogP contribution in [0.5, 0.6) is 5.75 Å². The zero-order chi connectivity index (χ0) is 21.8. The van der Waals surface area contributed by atoms with E-state index in [4.69, 9.17) is 9.26 Å². The fourth-order valence-corrected chi connectivity index (χ4v) is 3.85. The molecule has 0 fully saturated rings. The summed E-state index contributed by atoms with van der Waals surface area (Å²) >= 11 is 0. The summed E-state index contributed by atoms with van der Waals surface area (Å²) in [4.78, 5) is 4.31. The van der Waals surface area contributed by atoms with Gasteiger partial charge in [0.15, 0.2) is 5.76 Å². The Kier molecular flexibility index (Phi) is 5.90. The van der Waals surface area contributed by atoms with Crippen molar-refractivity contribution in [2.75, 3.05) is 0 Å².